The van der Waals surface area contributed by atoms with E-state index in [0.29, 0.717) is 27.4 Å². The highest BCUT2D eigenvalue weighted by atomic mass is 32.2. The number of thioether (sulfide) groups is 1. The Labute approximate surface area is 158 Å². The molecule has 3 rings (SSSR count). The van der Waals surface area contributed by atoms with Gasteiger partial charge in [0.05, 0.1) is 29.0 Å². The summed E-state index contributed by atoms with van der Waals surface area (Å²) in [6.07, 6.45) is 0. The molecule has 0 unspecified atom stereocenters. The number of carbonyl (C=O) groups is 1. The van der Waals surface area contributed by atoms with Crippen LogP contribution in [0.4, 0.5) is 4.39 Å². The predicted octanol–water partition coefficient (Wildman–Crippen LogP) is 4.75. The molecule has 0 aliphatic rings. The third-order valence-corrected chi connectivity index (χ3v) is 5.42. The molecule has 2 heterocycles. The molecular formula is C19H13FN2O2S2. The summed E-state index contributed by atoms with van der Waals surface area (Å²) in [5.74, 6) is -0.694. The van der Waals surface area contributed by atoms with E-state index < -0.39 is 5.97 Å². The maximum Gasteiger partial charge on any atom is 0.316 e. The summed E-state index contributed by atoms with van der Waals surface area (Å²) in [6.45, 7) is 0. The number of nitrogens with zero attached hydrogens (tertiary/aromatic N) is 2. The number of nitriles is 1. The molecule has 0 saturated carbocycles. The van der Waals surface area contributed by atoms with Crippen LogP contribution in [0.2, 0.25) is 0 Å². The van der Waals surface area contributed by atoms with Crippen LogP contribution in [-0.2, 0) is 9.53 Å². The Morgan fingerprint density at radius 1 is 1.35 bits per heavy atom. The molecule has 0 aliphatic carbocycles. The van der Waals surface area contributed by atoms with E-state index in [1.165, 1.54) is 30.6 Å². The lowest BCUT2D eigenvalue weighted by atomic mass is 10.0. The molecule has 0 radical (unpaired) electrons. The van der Waals surface area contributed by atoms with Crippen molar-refractivity contribution in [1.29, 1.82) is 5.26 Å². The Hall–Kier alpha value is -2.69. The fraction of sp³-hybridized carbons (Fsp3) is 0.105. The first-order chi connectivity index (χ1) is 12.6. The topological polar surface area (TPSA) is 63.0 Å². The molecule has 130 valence electrons. The summed E-state index contributed by atoms with van der Waals surface area (Å²) in [4.78, 5) is 17.0. The van der Waals surface area contributed by atoms with E-state index in [4.69, 9.17) is 0 Å². The standard InChI is InChI=1S/C19H13FN2O2S2/c1-24-18(23)11-26-19-15(10-21)14(12-4-6-13(20)7-5-12)9-16(22-19)17-3-2-8-25-17/h2-9H,11H2,1H3. The summed E-state index contributed by atoms with van der Waals surface area (Å²) in [5, 5.41) is 12.1. The van der Waals surface area contributed by atoms with Gasteiger partial charge in [-0.1, -0.05) is 30.0 Å². The molecule has 0 atom stereocenters. The van der Waals surface area contributed by atoms with Gasteiger partial charge >= 0.3 is 5.97 Å². The summed E-state index contributed by atoms with van der Waals surface area (Å²) >= 11 is 2.68. The predicted molar refractivity (Wildman–Crippen MR) is 100 cm³/mol. The van der Waals surface area contributed by atoms with Gasteiger partial charge < -0.3 is 4.74 Å². The Morgan fingerprint density at radius 3 is 2.73 bits per heavy atom. The molecule has 0 fully saturated rings. The molecule has 1 aromatic carbocycles. The van der Waals surface area contributed by atoms with Crippen molar-refractivity contribution in [3.63, 3.8) is 0 Å². The molecule has 26 heavy (non-hydrogen) atoms. The van der Waals surface area contributed by atoms with E-state index in [1.807, 2.05) is 23.6 Å². The van der Waals surface area contributed by atoms with E-state index >= 15 is 0 Å². The number of esters is 1. The fourth-order valence-electron chi connectivity index (χ4n) is 2.33. The van der Waals surface area contributed by atoms with Crippen molar-refractivity contribution >= 4 is 29.1 Å². The zero-order valence-electron chi connectivity index (χ0n) is 13.7. The minimum absolute atomic E-state index is 0.0505. The average Bonchev–Trinajstić information content (AvgIpc) is 3.20. The first-order valence-electron chi connectivity index (χ1n) is 7.57. The van der Waals surface area contributed by atoms with Crippen molar-refractivity contribution in [1.82, 2.24) is 4.98 Å². The molecule has 2 aromatic heterocycles. The number of hydrogen-bond donors (Lipinski definition) is 0. The minimum atomic E-state index is -0.398. The second-order valence-electron chi connectivity index (χ2n) is 5.20. The quantitative estimate of drug-likeness (QED) is 0.469. The summed E-state index contributed by atoms with van der Waals surface area (Å²) in [7, 11) is 1.31. The number of aromatic nitrogens is 1. The summed E-state index contributed by atoms with van der Waals surface area (Å²) in [5.41, 5.74) is 2.41. The van der Waals surface area contributed by atoms with Gasteiger partial charge in [-0.25, -0.2) is 9.37 Å². The number of methoxy groups -OCH3 is 1. The normalized spacial score (nSPS) is 10.3. The third kappa shape index (κ3) is 3.93. The maximum absolute atomic E-state index is 13.3. The molecule has 0 N–H and O–H groups in total. The lowest BCUT2D eigenvalue weighted by Crippen LogP contribution is -2.04. The van der Waals surface area contributed by atoms with Gasteiger partial charge in [0, 0.05) is 5.56 Å². The Balaban J connectivity index is 2.14. The van der Waals surface area contributed by atoms with Crippen LogP contribution in [0.15, 0.2) is 52.9 Å². The van der Waals surface area contributed by atoms with E-state index in [-0.39, 0.29) is 11.6 Å². The van der Waals surface area contributed by atoms with Crippen LogP contribution in [0, 0.1) is 17.1 Å². The molecular weight excluding hydrogens is 371 g/mol. The zero-order valence-corrected chi connectivity index (χ0v) is 15.4. The van der Waals surface area contributed by atoms with Crippen molar-refractivity contribution in [3.05, 3.63) is 59.2 Å². The Kier molecular flexibility index (Phi) is 5.66. The highest BCUT2D eigenvalue weighted by molar-refractivity contribution is 7.99. The Bertz CT molecular complexity index is 964. The van der Waals surface area contributed by atoms with Crippen molar-refractivity contribution < 1.29 is 13.9 Å². The first-order valence-corrected chi connectivity index (χ1v) is 9.43. The van der Waals surface area contributed by atoms with E-state index in [0.717, 1.165) is 16.6 Å². The molecule has 3 aromatic rings. The number of rotatable bonds is 5. The van der Waals surface area contributed by atoms with Crippen LogP contribution in [-0.4, -0.2) is 23.8 Å². The van der Waals surface area contributed by atoms with Gasteiger partial charge in [0.2, 0.25) is 0 Å². The molecule has 0 spiro atoms. The monoisotopic (exact) mass is 384 g/mol. The van der Waals surface area contributed by atoms with Crippen LogP contribution in [0.5, 0.6) is 0 Å². The largest absolute Gasteiger partial charge is 0.468 e. The number of thiophene rings is 1. The maximum atomic E-state index is 13.3. The number of carbonyl (C=O) groups excluding carboxylic acids is 1. The lowest BCUT2D eigenvalue weighted by molar-refractivity contribution is -0.137. The smallest absolute Gasteiger partial charge is 0.316 e. The van der Waals surface area contributed by atoms with Gasteiger partial charge in [-0.05, 0) is 35.2 Å². The van der Waals surface area contributed by atoms with Crippen molar-refractivity contribution in [3.8, 4) is 27.8 Å². The van der Waals surface area contributed by atoms with Gasteiger partial charge in [-0.2, -0.15) is 5.26 Å². The number of ether oxygens (including phenoxy) is 1. The highest BCUT2D eigenvalue weighted by Crippen LogP contribution is 2.35. The van der Waals surface area contributed by atoms with Gasteiger partial charge in [-0.3, -0.25) is 4.79 Å². The average molecular weight is 384 g/mol. The van der Waals surface area contributed by atoms with Gasteiger partial charge in [0.15, 0.2) is 0 Å². The number of pyridine rings is 1. The van der Waals surface area contributed by atoms with E-state index in [9.17, 15) is 14.4 Å². The molecule has 4 nitrogen and oxygen atoms in total. The molecule has 0 aliphatic heterocycles. The summed E-state index contributed by atoms with van der Waals surface area (Å²) in [6, 6.07) is 13.8. The Morgan fingerprint density at radius 2 is 2.12 bits per heavy atom. The molecule has 0 amide bonds. The molecule has 0 saturated heterocycles. The minimum Gasteiger partial charge on any atom is -0.468 e. The van der Waals surface area contributed by atoms with E-state index in [1.54, 1.807) is 12.1 Å². The first kappa shape index (κ1) is 18.1. The van der Waals surface area contributed by atoms with Crippen LogP contribution in [0.3, 0.4) is 0 Å². The molecule has 0 bridgehead atoms. The van der Waals surface area contributed by atoms with Gasteiger partial charge in [0.25, 0.3) is 0 Å². The second-order valence-corrected chi connectivity index (χ2v) is 7.11. The van der Waals surface area contributed by atoms with Crippen LogP contribution < -0.4 is 0 Å². The third-order valence-electron chi connectivity index (χ3n) is 3.58. The van der Waals surface area contributed by atoms with Crippen LogP contribution >= 0.6 is 23.1 Å². The number of hydrogen-bond acceptors (Lipinski definition) is 6. The lowest BCUT2D eigenvalue weighted by Gasteiger charge is -2.11. The van der Waals surface area contributed by atoms with Crippen molar-refractivity contribution in [2.45, 2.75) is 5.03 Å². The fourth-order valence-corrected chi connectivity index (χ4v) is 3.85. The highest BCUT2D eigenvalue weighted by Gasteiger charge is 2.17. The SMILES string of the molecule is COC(=O)CSc1nc(-c2cccs2)cc(-c2ccc(F)cc2)c1C#N. The van der Waals surface area contributed by atoms with Crippen LogP contribution in [0.25, 0.3) is 21.7 Å². The van der Waals surface area contributed by atoms with Gasteiger partial charge in [-0.15, -0.1) is 11.3 Å². The number of benzene rings is 1. The second kappa shape index (κ2) is 8.13. The van der Waals surface area contributed by atoms with Crippen molar-refractivity contribution in [2.75, 3.05) is 12.9 Å². The van der Waals surface area contributed by atoms with Gasteiger partial charge in [0.1, 0.15) is 16.9 Å². The van der Waals surface area contributed by atoms with Crippen LogP contribution in [0.1, 0.15) is 5.56 Å². The zero-order chi connectivity index (χ0) is 18.5. The summed E-state index contributed by atoms with van der Waals surface area (Å²) < 4.78 is 18.0. The van der Waals surface area contributed by atoms with E-state index in [2.05, 4.69) is 15.8 Å². The molecule has 7 heteroatoms. The van der Waals surface area contributed by atoms with Crippen molar-refractivity contribution in [2.24, 2.45) is 0 Å². The number of halogens is 1.